The zero-order chi connectivity index (χ0) is 32.8. The van der Waals surface area contributed by atoms with Crippen LogP contribution in [0.4, 0.5) is 0 Å². The number of amides is 4. The van der Waals surface area contributed by atoms with Gasteiger partial charge in [-0.3, -0.25) is 19.2 Å². The Morgan fingerprint density at radius 2 is 1.71 bits per heavy atom. The Morgan fingerprint density at radius 1 is 1.02 bits per heavy atom. The largest absolute Gasteiger partial charge is 0.507 e. The first-order valence-corrected chi connectivity index (χ1v) is 14.7. The second kappa shape index (κ2) is 14.1. The predicted molar refractivity (Wildman–Crippen MR) is 166 cm³/mol. The summed E-state index contributed by atoms with van der Waals surface area (Å²) < 4.78 is 11.3. The molecule has 0 unspecified atom stereocenters. The van der Waals surface area contributed by atoms with E-state index in [1.165, 1.54) is 32.2 Å². The van der Waals surface area contributed by atoms with Crippen LogP contribution in [0, 0.1) is 19.8 Å². The number of phenols is 1. The third-order valence-electron chi connectivity index (χ3n) is 7.50. The summed E-state index contributed by atoms with van der Waals surface area (Å²) in [6, 6.07) is 9.98. The van der Waals surface area contributed by atoms with Gasteiger partial charge in [0.2, 0.25) is 23.6 Å². The number of methoxy groups -OCH3 is 1. The highest BCUT2D eigenvalue weighted by Crippen LogP contribution is 2.28. The van der Waals surface area contributed by atoms with Crippen LogP contribution in [0.1, 0.15) is 53.5 Å². The summed E-state index contributed by atoms with van der Waals surface area (Å²) >= 11 is 0. The second-order valence-electron chi connectivity index (χ2n) is 11.4. The summed E-state index contributed by atoms with van der Waals surface area (Å²) in [4.78, 5) is 57.6. The number of hydrogen-bond acceptors (Lipinski definition) is 8. The number of rotatable bonds is 5. The van der Waals surface area contributed by atoms with E-state index in [9.17, 15) is 24.3 Å². The predicted octanol–water partition coefficient (Wildman–Crippen LogP) is 2.82. The zero-order valence-electron chi connectivity index (χ0n) is 26.2. The van der Waals surface area contributed by atoms with Crippen LogP contribution in [0.25, 0.3) is 0 Å². The molecule has 0 saturated carbocycles. The van der Waals surface area contributed by atoms with E-state index in [1.54, 1.807) is 38.1 Å². The molecule has 12 heteroatoms. The lowest BCUT2D eigenvalue weighted by atomic mass is 10.0. The third kappa shape index (κ3) is 8.08. The number of pyridine rings is 1. The number of hydrogen-bond donors (Lipinski definition) is 5. The molecule has 5 rings (SSSR count). The molecule has 238 valence electrons. The quantitative estimate of drug-likeness (QED) is 0.273. The van der Waals surface area contributed by atoms with Gasteiger partial charge in [0.15, 0.2) is 0 Å². The smallest absolute Gasteiger partial charge is 0.255 e. The molecule has 2 aliphatic rings. The Hall–Kier alpha value is -5.13. The molecule has 4 bridgehead atoms. The number of nitrogens with zero attached hydrogens (tertiary/aromatic N) is 1. The van der Waals surface area contributed by atoms with Gasteiger partial charge >= 0.3 is 0 Å². The average molecular weight is 618 g/mol. The molecule has 0 radical (unpaired) electrons. The van der Waals surface area contributed by atoms with Crippen molar-refractivity contribution in [2.45, 2.75) is 65.7 Å². The maximum atomic E-state index is 13.5. The first-order valence-electron chi connectivity index (χ1n) is 14.7. The summed E-state index contributed by atoms with van der Waals surface area (Å²) in [5.41, 5.74) is 3.05. The van der Waals surface area contributed by atoms with E-state index in [2.05, 4.69) is 26.3 Å². The lowest BCUT2D eigenvalue weighted by Crippen LogP contribution is -2.57. The van der Waals surface area contributed by atoms with Crippen molar-refractivity contribution >= 4 is 23.6 Å². The minimum atomic E-state index is -1.04. The van der Waals surface area contributed by atoms with Crippen LogP contribution in [-0.2, 0) is 27.3 Å². The van der Waals surface area contributed by atoms with Crippen LogP contribution in [-0.4, -0.2) is 59.0 Å². The summed E-state index contributed by atoms with van der Waals surface area (Å²) in [5.74, 6) is -1.80. The lowest BCUT2D eigenvalue weighted by Gasteiger charge is -2.25. The van der Waals surface area contributed by atoms with Crippen molar-refractivity contribution < 1.29 is 33.8 Å². The maximum absolute atomic E-state index is 13.5. The molecule has 3 atom stereocenters. The van der Waals surface area contributed by atoms with E-state index in [0.717, 1.165) is 16.8 Å². The Bertz CT molecular complexity index is 1590. The van der Waals surface area contributed by atoms with E-state index < -0.39 is 41.8 Å². The number of fused-ring (bicyclic) bond motifs is 11. The second-order valence-corrected chi connectivity index (χ2v) is 11.4. The fourth-order valence-corrected chi connectivity index (χ4v) is 4.97. The zero-order valence-corrected chi connectivity index (χ0v) is 26.2. The van der Waals surface area contributed by atoms with Crippen LogP contribution in [0.15, 0.2) is 48.5 Å². The number of ether oxygens (including phenoxy) is 2. The number of aromatic nitrogens is 1. The molecule has 2 aromatic carbocycles. The monoisotopic (exact) mass is 617 g/mol. The molecular weight excluding hydrogens is 578 g/mol. The molecule has 45 heavy (non-hydrogen) atoms. The van der Waals surface area contributed by atoms with Crippen molar-refractivity contribution in [1.29, 1.82) is 0 Å². The van der Waals surface area contributed by atoms with Gasteiger partial charge < -0.3 is 35.8 Å². The van der Waals surface area contributed by atoms with Crippen molar-refractivity contribution in [3.63, 3.8) is 0 Å². The van der Waals surface area contributed by atoms with Gasteiger partial charge in [-0.15, -0.1) is 0 Å². The van der Waals surface area contributed by atoms with Gasteiger partial charge in [0, 0.05) is 24.2 Å². The van der Waals surface area contributed by atoms with E-state index in [0.29, 0.717) is 22.9 Å². The summed E-state index contributed by atoms with van der Waals surface area (Å²) in [7, 11) is 1.51. The number of benzene rings is 2. The fraction of sp³-hybridized carbons (Fsp3) is 0.364. The van der Waals surface area contributed by atoms with Crippen LogP contribution < -0.4 is 30.7 Å². The standard InChI is InChI=1S/C33H39N5O7/c1-17(2)28-32(43)36-20(5)29(40)37-26(31(42)34-16-25-18(3)13-19(4)35-33(25)44-6)14-21-7-9-22(10-8-21)45-23-11-12-27(39)24(15-23)30(41)38-28/h7-13,15,17,20,26,28,39H,14,16H2,1-6H3,(H,34,42)(H,36,43)(H,37,40)(H,38,41)/t20-,26-,28-/m0/s1. The molecule has 12 nitrogen and oxygen atoms in total. The van der Waals surface area contributed by atoms with Gasteiger partial charge in [0.1, 0.15) is 35.4 Å². The van der Waals surface area contributed by atoms with Crippen molar-refractivity contribution in [3.05, 3.63) is 76.5 Å². The molecule has 0 saturated heterocycles. The highest BCUT2D eigenvalue weighted by atomic mass is 16.5. The minimum absolute atomic E-state index is 0.0717. The average Bonchev–Trinajstić information content (AvgIpc) is 2.99. The van der Waals surface area contributed by atoms with E-state index >= 15 is 0 Å². The van der Waals surface area contributed by atoms with E-state index in [4.69, 9.17) is 9.47 Å². The van der Waals surface area contributed by atoms with Crippen molar-refractivity contribution in [2.24, 2.45) is 5.92 Å². The normalized spacial score (nSPS) is 19.0. The SMILES string of the molecule is COc1nc(C)cc(C)c1CNC(=O)[C@@H]1Cc2ccc(cc2)Oc2ccc(O)c(c2)C(=O)N[C@@H](C(C)C)C(=O)N[C@@H](C)C(=O)N1. The first kappa shape index (κ1) is 32.8. The molecular formula is C33H39N5O7. The summed E-state index contributed by atoms with van der Waals surface area (Å²) in [5, 5.41) is 21.3. The number of carbonyl (C=O) groups is 4. The van der Waals surface area contributed by atoms with Crippen molar-refractivity contribution in [3.8, 4) is 23.1 Å². The van der Waals surface area contributed by atoms with Gasteiger partial charge in [-0.2, -0.15) is 0 Å². The van der Waals surface area contributed by atoms with Crippen LogP contribution in [0.5, 0.6) is 23.1 Å². The Labute approximate surface area is 261 Å². The molecule has 5 N–H and O–H groups in total. The van der Waals surface area contributed by atoms with Gasteiger partial charge in [0.25, 0.3) is 5.91 Å². The Kier molecular flexibility index (Phi) is 10.3. The molecule has 4 amide bonds. The summed E-state index contributed by atoms with van der Waals surface area (Å²) in [6.45, 7) is 8.85. The van der Waals surface area contributed by atoms with Crippen molar-refractivity contribution in [2.75, 3.05) is 7.11 Å². The van der Waals surface area contributed by atoms with Gasteiger partial charge in [-0.25, -0.2) is 4.98 Å². The number of aryl methyl sites for hydroxylation is 2. The lowest BCUT2D eigenvalue weighted by molar-refractivity contribution is -0.132. The Morgan fingerprint density at radius 3 is 2.38 bits per heavy atom. The minimum Gasteiger partial charge on any atom is -0.507 e. The first-order chi connectivity index (χ1) is 21.4. The van der Waals surface area contributed by atoms with Crippen LogP contribution >= 0.6 is 0 Å². The maximum Gasteiger partial charge on any atom is 0.255 e. The molecule has 0 aliphatic carbocycles. The molecule has 3 aromatic rings. The Balaban J connectivity index is 1.65. The van der Waals surface area contributed by atoms with Gasteiger partial charge in [-0.05, 0) is 74.2 Å². The van der Waals surface area contributed by atoms with Crippen LogP contribution in [0.2, 0.25) is 0 Å². The number of nitrogens with one attached hydrogen (secondary N) is 4. The summed E-state index contributed by atoms with van der Waals surface area (Å²) in [6.07, 6.45) is 0.148. The third-order valence-corrected chi connectivity index (χ3v) is 7.50. The number of carbonyl (C=O) groups excluding carboxylic acids is 4. The highest BCUT2D eigenvalue weighted by Gasteiger charge is 2.30. The van der Waals surface area contributed by atoms with E-state index in [-0.39, 0.29) is 30.2 Å². The molecule has 0 spiro atoms. The molecule has 1 aromatic heterocycles. The molecule has 2 aliphatic heterocycles. The van der Waals surface area contributed by atoms with Gasteiger partial charge in [-0.1, -0.05) is 26.0 Å². The number of phenolic OH excluding ortho intramolecular Hbond substituents is 1. The topological polar surface area (TPSA) is 168 Å². The molecule has 3 heterocycles. The van der Waals surface area contributed by atoms with Crippen molar-refractivity contribution in [1.82, 2.24) is 26.3 Å². The van der Waals surface area contributed by atoms with Gasteiger partial charge in [0.05, 0.1) is 12.7 Å². The van der Waals surface area contributed by atoms with E-state index in [1.807, 2.05) is 19.9 Å². The van der Waals surface area contributed by atoms with Crippen LogP contribution in [0.3, 0.4) is 0 Å². The fourth-order valence-electron chi connectivity index (χ4n) is 4.97. The highest BCUT2D eigenvalue weighted by molar-refractivity contribution is 6.00. The number of aromatic hydroxyl groups is 1. The molecule has 0 fully saturated rings.